The number of oxime groups is 1. The van der Waals surface area contributed by atoms with Crippen molar-refractivity contribution in [3.63, 3.8) is 0 Å². The average molecular weight is 368 g/mol. The third kappa shape index (κ3) is 4.30. The maximum absolute atomic E-state index is 8.87. The molecule has 9 heteroatoms. The zero-order valence-corrected chi connectivity index (χ0v) is 15.6. The number of nitrogens with zero attached hydrogens (tertiary/aromatic N) is 7. The van der Waals surface area contributed by atoms with E-state index < -0.39 is 0 Å². The molecule has 1 aliphatic heterocycles. The topological polar surface area (TPSA) is 103 Å². The number of anilines is 2. The van der Waals surface area contributed by atoms with E-state index in [1.165, 1.54) is 6.21 Å². The van der Waals surface area contributed by atoms with Crippen molar-refractivity contribution >= 4 is 30.0 Å². The van der Waals surface area contributed by atoms with Gasteiger partial charge in [0.2, 0.25) is 11.9 Å². The molecule has 3 rings (SSSR count). The molecule has 9 nitrogen and oxygen atoms in total. The summed E-state index contributed by atoms with van der Waals surface area (Å²) in [5, 5.41) is 19.7. The number of aliphatic imine (C=N–C) groups is 1. The van der Waals surface area contributed by atoms with Gasteiger partial charge in [0.05, 0.1) is 25.5 Å². The fraction of sp³-hybridized carbons (Fsp3) is 0.389. The maximum atomic E-state index is 8.87. The smallest absolute Gasteiger partial charge is 0.231 e. The Labute approximate surface area is 157 Å². The molecule has 0 spiro atoms. The highest BCUT2D eigenvalue weighted by molar-refractivity contribution is 5.79. The fourth-order valence-electron chi connectivity index (χ4n) is 2.74. The van der Waals surface area contributed by atoms with Gasteiger partial charge in [-0.15, -0.1) is 0 Å². The SMILES string of the molecule is C\C=C/C=C(\C=N\O)CNc1nc(N2CC=NCC2)nc2c(CC)cnn12. The van der Waals surface area contributed by atoms with E-state index in [2.05, 4.69) is 37.4 Å². The summed E-state index contributed by atoms with van der Waals surface area (Å²) in [7, 11) is 0. The van der Waals surface area contributed by atoms with Crippen LogP contribution in [0.5, 0.6) is 0 Å². The molecule has 0 unspecified atom stereocenters. The van der Waals surface area contributed by atoms with Crippen molar-refractivity contribution in [3.8, 4) is 0 Å². The van der Waals surface area contributed by atoms with Crippen molar-refractivity contribution in [2.24, 2.45) is 10.1 Å². The van der Waals surface area contributed by atoms with Gasteiger partial charge in [-0.25, -0.2) is 0 Å². The van der Waals surface area contributed by atoms with Gasteiger partial charge in [0.25, 0.3) is 0 Å². The summed E-state index contributed by atoms with van der Waals surface area (Å²) in [6.07, 6.45) is 11.6. The summed E-state index contributed by atoms with van der Waals surface area (Å²) in [6, 6.07) is 0. The van der Waals surface area contributed by atoms with Crippen molar-refractivity contribution < 1.29 is 5.21 Å². The van der Waals surface area contributed by atoms with Crippen LogP contribution in [-0.2, 0) is 6.42 Å². The van der Waals surface area contributed by atoms with Gasteiger partial charge >= 0.3 is 0 Å². The highest BCUT2D eigenvalue weighted by atomic mass is 16.4. The second kappa shape index (κ2) is 8.93. The monoisotopic (exact) mass is 368 g/mol. The summed E-state index contributed by atoms with van der Waals surface area (Å²) in [4.78, 5) is 15.8. The Bertz CT molecular complexity index is 896. The second-order valence-corrected chi connectivity index (χ2v) is 6.01. The summed E-state index contributed by atoms with van der Waals surface area (Å²) >= 11 is 0. The molecule has 0 saturated heterocycles. The summed E-state index contributed by atoms with van der Waals surface area (Å²) in [5.74, 6) is 1.25. The van der Waals surface area contributed by atoms with Gasteiger partial charge in [0, 0.05) is 24.9 Å². The number of rotatable bonds is 7. The fourth-order valence-corrected chi connectivity index (χ4v) is 2.74. The molecule has 2 aromatic heterocycles. The summed E-state index contributed by atoms with van der Waals surface area (Å²) in [6.45, 7) is 6.65. The van der Waals surface area contributed by atoms with E-state index in [9.17, 15) is 0 Å². The lowest BCUT2D eigenvalue weighted by molar-refractivity contribution is 0.321. The van der Waals surface area contributed by atoms with Crippen LogP contribution in [0.2, 0.25) is 0 Å². The van der Waals surface area contributed by atoms with Gasteiger partial charge in [-0.2, -0.15) is 19.6 Å². The Kier molecular flexibility index (Phi) is 6.14. The molecule has 0 saturated carbocycles. The van der Waals surface area contributed by atoms with Gasteiger partial charge in [-0.1, -0.05) is 30.3 Å². The molecule has 27 heavy (non-hydrogen) atoms. The first-order chi connectivity index (χ1) is 13.3. The number of allylic oxidation sites excluding steroid dienone is 3. The molecule has 0 fully saturated rings. The normalized spacial score (nSPS) is 15.5. The van der Waals surface area contributed by atoms with E-state index in [1.54, 1.807) is 4.52 Å². The minimum atomic E-state index is 0.433. The van der Waals surface area contributed by atoms with E-state index in [0.29, 0.717) is 25.0 Å². The third-order valence-corrected chi connectivity index (χ3v) is 4.20. The van der Waals surface area contributed by atoms with Crippen LogP contribution in [0.1, 0.15) is 19.4 Å². The minimum absolute atomic E-state index is 0.433. The summed E-state index contributed by atoms with van der Waals surface area (Å²) in [5.41, 5.74) is 2.66. The van der Waals surface area contributed by atoms with Gasteiger partial charge in [0.1, 0.15) is 0 Å². The Balaban J connectivity index is 1.95. The molecule has 142 valence electrons. The Morgan fingerprint density at radius 2 is 2.30 bits per heavy atom. The van der Waals surface area contributed by atoms with Crippen LogP contribution in [0.15, 0.2) is 40.1 Å². The number of fused-ring (bicyclic) bond motifs is 1. The zero-order valence-electron chi connectivity index (χ0n) is 15.6. The largest absolute Gasteiger partial charge is 0.411 e. The first kappa shape index (κ1) is 18.6. The standard InChI is InChI=1S/C18H24N8O/c1-3-5-6-14(12-22-27)11-20-17-24-18(25-9-7-19-8-10-25)23-16-15(4-2)13-21-26(16)17/h3,5-7,12-13,27H,4,8-11H2,1-2H3,(H,20,23,24)/b5-3-,14-6-,22-12+. The van der Waals surface area contributed by atoms with Crippen LogP contribution in [0, 0.1) is 0 Å². The van der Waals surface area contributed by atoms with Crippen LogP contribution < -0.4 is 10.2 Å². The van der Waals surface area contributed by atoms with E-state index in [-0.39, 0.29) is 0 Å². The Morgan fingerprint density at radius 3 is 3.00 bits per heavy atom. The van der Waals surface area contributed by atoms with Crippen LogP contribution in [-0.4, -0.2) is 63.4 Å². The zero-order chi connectivity index (χ0) is 19.1. The van der Waals surface area contributed by atoms with Crippen molar-refractivity contribution in [2.75, 3.05) is 36.4 Å². The van der Waals surface area contributed by atoms with Crippen LogP contribution >= 0.6 is 0 Å². The Hall–Kier alpha value is -3.23. The average Bonchev–Trinajstić information content (AvgIpc) is 3.13. The molecule has 2 aromatic rings. The number of hydrogen-bond acceptors (Lipinski definition) is 8. The lowest BCUT2D eigenvalue weighted by Crippen LogP contribution is -2.33. The van der Waals surface area contributed by atoms with Gasteiger partial charge in [-0.05, 0) is 18.9 Å². The molecule has 0 bridgehead atoms. The molecule has 0 amide bonds. The highest BCUT2D eigenvalue weighted by Crippen LogP contribution is 2.19. The van der Waals surface area contributed by atoms with Gasteiger partial charge in [-0.3, -0.25) is 4.99 Å². The number of aromatic nitrogens is 4. The van der Waals surface area contributed by atoms with E-state index >= 15 is 0 Å². The van der Waals surface area contributed by atoms with E-state index in [4.69, 9.17) is 10.2 Å². The predicted octanol–water partition coefficient (Wildman–Crippen LogP) is 1.95. The maximum Gasteiger partial charge on any atom is 0.231 e. The molecular weight excluding hydrogens is 344 g/mol. The van der Waals surface area contributed by atoms with Crippen molar-refractivity contribution in [1.82, 2.24) is 19.6 Å². The third-order valence-electron chi connectivity index (χ3n) is 4.20. The quantitative estimate of drug-likeness (QED) is 0.335. The molecule has 0 radical (unpaired) electrons. The molecule has 0 atom stereocenters. The van der Waals surface area contributed by atoms with Crippen LogP contribution in [0.4, 0.5) is 11.9 Å². The Morgan fingerprint density at radius 1 is 1.41 bits per heavy atom. The molecule has 2 N–H and O–H groups in total. The van der Waals surface area contributed by atoms with Gasteiger partial charge < -0.3 is 15.4 Å². The van der Waals surface area contributed by atoms with Crippen molar-refractivity contribution in [2.45, 2.75) is 20.3 Å². The van der Waals surface area contributed by atoms with E-state index in [1.807, 2.05) is 37.6 Å². The number of aryl methyl sites for hydroxylation is 1. The summed E-state index contributed by atoms with van der Waals surface area (Å²) < 4.78 is 1.71. The molecule has 1 aliphatic rings. The molecule has 0 aliphatic carbocycles. The highest BCUT2D eigenvalue weighted by Gasteiger charge is 2.17. The van der Waals surface area contributed by atoms with E-state index in [0.717, 1.165) is 36.3 Å². The first-order valence-corrected chi connectivity index (χ1v) is 8.97. The number of hydrogen-bond donors (Lipinski definition) is 2. The molecular formula is C18H24N8O. The second-order valence-electron chi connectivity index (χ2n) is 6.01. The van der Waals surface area contributed by atoms with Crippen LogP contribution in [0.3, 0.4) is 0 Å². The van der Waals surface area contributed by atoms with Crippen LogP contribution in [0.25, 0.3) is 5.65 Å². The van der Waals surface area contributed by atoms with Crippen molar-refractivity contribution in [1.29, 1.82) is 0 Å². The molecule has 0 aromatic carbocycles. The minimum Gasteiger partial charge on any atom is -0.411 e. The lowest BCUT2D eigenvalue weighted by atomic mass is 10.2. The molecule has 3 heterocycles. The number of nitrogens with one attached hydrogen (secondary N) is 1. The predicted molar refractivity (Wildman–Crippen MR) is 107 cm³/mol. The van der Waals surface area contributed by atoms with Crippen molar-refractivity contribution in [3.05, 3.63) is 35.6 Å². The van der Waals surface area contributed by atoms with Gasteiger partial charge in [0.15, 0.2) is 5.65 Å². The first-order valence-electron chi connectivity index (χ1n) is 8.97. The lowest BCUT2D eigenvalue weighted by Gasteiger charge is -2.23.